The number of halogens is 1. The van der Waals surface area contributed by atoms with Gasteiger partial charge in [-0.15, -0.1) is 0 Å². The summed E-state index contributed by atoms with van der Waals surface area (Å²) in [7, 11) is 0. The van der Waals surface area contributed by atoms with Crippen LogP contribution in [-0.2, 0) is 0 Å². The number of nitrogens with one attached hydrogen (secondary N) is 1. The first-order valence-electron chi connectivity index (χ1n) is 6.20. The van der Waals surface area contributed by atoms with Crippen LogP contribution in [-0.4, -0.2) is 18.9 Å². The topological polar surface area (TPSA) is 29.1 Å². The lowest BCUT2D eigenvalue weighted by molar-refractivity contribution is 0.0802. The molecule has 0 bridgehead atoms. The maximum atomic E-state index is 12.7. The number of Topliss-reactive ketones (excluding diaryl/α,β-unsaturated/α-hetero) is 1. The van der Waals surface area contributed by atoms with E-state index in [-0.39, 0.29) is 11.2 Å². The molecule has 1 aliphatic heterocycles. The minimum absolute atomic E-state index is 0.204. The van der Waals surface area contributed by atoms with Gasteiger partial charge in [-0.05, 0) is 31.5 Å². The quantitative estimate of drug-likeness (QED) is 0.832. The summed E-state index contributed by atoms with van der Waals surface area (Å²) >= 11 is 6.12. The van der Waals surface area contributed by atoms with Crippen molar-refractivity contribution in [3.05, 3.63) is 34.9 Å². The molecule has 1 saturated heterocycles. The Balaban J connectivity index is 2.32. The standard InChI is InChI=1S/C14H18ClNO/c1-2-7-14(8-9-16-10-14)13(17)11-5-3-4-6-12(11)15/h3-6,16H,2,7-10H2,1H3. The van der Waals surface area contributed by atoms with Crippen molar-refractivity contribution in [3.8, 4) is 0 Å². The van der Waals surface area contributed by atoms with Crippen LogP contribution in [0, 0.1) is 5.41 Å². The molecule has 1 unspecified atom stereocenters. The van der Waals surface area contributed by atoms with Crippen molar-refractivity contribution in [3.63, 3.8) is 0 Å². The van der Waals surface area contributed by atoms with E-state index in [2.05, 4.69) is 12.2 Å². The van der Waals surface area contributed by atoms with E-state index in [1.807, 2.05) is 18.2 Å². The molecule has 0 amide bonds. The van der Waals surface area contributed by atoms with Crippen LogP contribution in [0.25, 0.3) is 0 Å². The maximum absolute atomic E-state index is 12.7. The summed E-state index contributed by atoms with van der Waals surface area (Å²) in [6.07, 6.45) is 2.88. The average Bonchev–Trinajstić information content (AvgIpc) is 2.79. The third kappa shape index (κ3) is 2.38. The van der Waals surface area contributed by atoms with Crippen molar-refractivity contribution in [2.75, 3.05) is 13.1 Å². The number of ketones is 1. The Labute approximate surface area is 107 Å². The van der Waals surface area contributed by atoms with Crippen molar-refractivity contribution in [2.24, 2.45) is 5.41 Å². The van der Waals surface area contributed by atoms with Crippen LogP contribution in [0.1, 0.15) is 36.5 Å². The van der Waals surface area contributed by atoms with Gasteiger partial charge in [0.05, 0.1) is 5.02 Å². The Bertz CT molecular complexity index is 410. The Hall–Kier alpha value is -0.860. The van der Waals surface area contributed by atoms with Gasteiger partial charge in [-0.3, -0.25) is 4.79 Å². The number of rotatable bonds is 4. The SMILES string of the molecule is CCCC1(C(=O)c2ccccc2Cl)CCNC1. The van der Waals surface area contributed by atoms with Gasteiger partial charge in [-0.1, -0.05) is 37.1 Å². The molecule has 1 fully saturated rings. The van der Waals surface area contributed by atoms with Gasteiger partial charge in [0.2, 0.25) is 0 Å². The summed E-state index contributed by atoms with van der Waals surface area (Å²) in [5.74, 6) is 0.204. The lowest BCUT2D eigenvalue weighted by atomic mass is 9.76. The highest BCUT2D eigenvalue weighted by atomic mass is 35.5. The second kappa shape index (κ2) is 5.19. The van der Waals surface area contributed by atoms with Gasteiger partial charge in [0.1, 0.15) is 0 Å². The van der Waals surface area contributed by atoms with Crippen molar-refractivity contribution in [1.82, 2.24) is 5.32 Å². The summed E-state index contributed by atoms with van der Waals surface area (Å²) in [6, 6.07) is 7.36. The molecule has 1 aliphatic rings. The zero-order valence-corrected chi connectivity index (χ0v) is 10.9. The molecule has 2 nitrogen and oxygen atoms in total. The van der Waals surface area contributed by atoms with Gasteiger partial charge >= 0.3 is 0 Å². The molecule has 1 N–H and O–H groups in total. The van der Waals surface area contributed by atoms with E-state index >= 15 is 0 Å². The number of hydrogen-bond donors (Lipinski definition) is 1. The van der Waals surface area contributed by atoms with Gasteiger partial charge in [-0.25, -0.2) is 0 Å². The molecule has 0 aliphatic carbocycles. The molecule has 1 atom stereocenters. The molecular weight excluding hydrogens is 234 g/mol. The second-order valence-electron chi connectivity index (χ2n) is 4.77. The number of benzene rings is 1. The number of carbonyl (C=O) groups excluding carboxylic acids is 1. The van der Waals surface area contributed by atoms with Gasteiger partial charge in [0.25, 0.3) is 0 Å². The van der Waals surface area contributed by atoms with Crippen LogP contribution in [0.2, 0.25) is 5.02 Å². The molecule has 92 valence electrons. The molecule has 0 aromatic heterocycles. The summed E-state index contributed by atoms with van der Waals surface area (Å²) < 4.78 is 0. The monoisotopic (exact) mass is 251 g/mol. The van der Waals surface area contributed by atoms with Crippen LogP contribution in [0.5, 0.6) is 0 Å². The highest BCUT2D eigenvalue weighted by Crippen LogP contribution is 2.36. The molecule has 1 heterocycles. The first-order valence-corrected chi connectivity index (χ1v) is 6.57. The summed E-state index contributed by atoms with van der Waals surface area (Å²) in [5.41, 5.74) is 0.436. The van der Waals surface area contributed by atoms with E-state index in [4.69, 9.17) is 11.6 Å². The molecule has 1 aromatic carbocycles. The van der Waals surface area contributed by atoms with Gasteiger partial charge in [0, 0.05) is 17.5 Å². The molecule has 17 heavy (non-hydrogen) atoms. The Morgan fingerprint density at radius 2 is 2.24 bits per heavy atom. The summed E-state index contributed by atoms with van der Waals surface area (Å²) in [6.45, 7) is 3.83. The average molecular weight is 252 g/mol. The second-order valence-corrected chi connectivity index (χ2v) is 5.17. The van der Waals surface area contributed by atoms with Crippen molar-refractivity contribution >= 4 is 17.4 Å². The first kappa shape index (κ1) is 12.6. The Morgan fingerprint density at radius 3 is 2.82 bits per heavy atom. The molecule has 0 spiro atoms. The van der Waals surface area contributed by atoms with E-state index in [1.54, 1.807) is 6.07 Å². The van der Waals surface area contributed by atoms with Gasteiger partial charge in [0.15, 0.2) is 5.78 Å². The summed E-state index contributed by atoms with van der Waals surface area (Å²) in [5, 5.41) is 3.87. The van der Waals surface area contributed by atoms with Crippen LogP contribution < -0.4 is 5.32 Å². The van der Waals surface area contributed by atoms with Crippen LogP contribution in [0.15, 0.2) is 24.3 Å². The zero-order chi connectivity index (χ0) is 12.3. The third-order valence-electron chi connectivity index (χ3n) is 3.57. The van der Waals surface area contributed by atoms with E-state index in [9.17, 15) is 4.79 Å². The van der Waals surface area contributed by atoms with Gasteiger partial charge in [-0.2, -0.15) is 0 Å². The highest BCUT2D eigenvalue weighted by molar-refractivity contribution is 6.34. The Kier molecular flexibility index (Phi) is 3.85. The molecule has 0 radical (unpaired) electrons. The maximum Gasteiger partial charge on any atom is 0.171 e. The van der Waals surface area contributed by atoms with E-state index in [0.29, 0.717) is 10.6 Å². The Morgan fingerprint density at radius 1 is 1.47 bits per heavy atom. The molecule has 2 rings (SSSR count). The fraction of sp³-hybridized carbons (Fsp3) is 0.500. The number of hydrogen-bond acceptors (Lipinski definition) is 2. The van der Waals surface area contributed by atoms with Crippen LogP contribution in [0.3, 0.4) is 0 Å². The lowest BCUT2D eigenvalue weighted by Gasteiger charge is -2.26. The molecule has 1 aromatic rings. The summed E-state index contributed by atoms with van der Waals surface area (Å²) in [4.78, 5) is 12.7. The molecular formula is C14H18ClNO. The molecule has 3 heteroatoms. The minimum atomic E-state index is -0.236. The predicted molar refractivity (Wildman–Crippen MR) is 70.6 cm³/mol. The van der Waals surface area contributed by atoms with E-state index < -0.39 is 0 Å². The third-order valence-corrected chi connectivity index (χ3v) is 3.90. The van der Waals surface area contributed by atoms with E-state index in [1.165, 1.54) is 0 Å². The van der Waals surface area contributed by atoms with Crippen molar-refractivity contribution in [2.45, 2.75) is 26.2 Å². The van der Waals surface area contributed by atoms with Crippen LogP contribution >= 0.6 is 11.6 Å². The zero-order valence-electron chi connectivity index (χ0n) is 10.1. The van der Waals surface area contributed by atoms with Crippen molar-refractivity contribution < 1.29 is 4.79 Å². The molecule has 0 saturated carbocycles. The predicted octanol–water partition coefficient (Wildman–Crippen LogP) is 3.30. The minimum Gasteiger partial charge on any atom is -0.316 e. The van der Waals surface area contributed by atoms with E-state index in [0.717, 1.165) is 32.4 Å². The number of carbonyl (C=O) groups is 1. The normalized spacial score (nSPS) is 23.9. The largest absolute Gasteiger partial charge is 0.316 e. The van der Waals surface area contributed by atoms with Gasteiger partial charge < -0.3 is 5.32 Å². The fourth-order valence-electron chi connectivity index (χ4n) is 2.67. The fourth-order valence-corrected chi connectivity index (χ4v) is 2.90. The first-order chi connectivity index (χ1) is 8.19. The smallest absolute Gasteiger partial charge is 0.171 e. The van der Waals surface area contributed by atoms with Crippen molar-refractivity contribution in [1.29, 1.82) is 0 Å². The van der Waals surface area contributed by atoms with Crippen LogP contribution in [0.4, 0.5) is 0 Å². The lowest BCUT2D eigenvalue weighted by Crippen LogP contribution is -2.33. The highest BCUT2D eigenvalue weighted by Gasteiger charge is 2.41.